The van der Waals surface area contributed by atoms with Crippen molar-refractivity contribution in [1.29, 1.82) is 0 Å². The molecule has 2 aliphatic heterocycles. The average molecular weight is 498 g/mol. The van der Waals surface area contributed by atoms with Crippen LogP contribution < -0.4 is 19.1 Å². The molecule has 0 saturated carbocycles. The Labute approximate surface area is 216 Å². The monoisotopic (exact) mass is 497 g/mol. The molecule has 190 valence electrons. The molecule has 6 rings (SSSR count). The van der Waals surface area contributed by atoms with Crippen molar-refractivity contribution in [1.82, 2.24) is 9.55 Å². The smallest absolute Gasteiger partial charge is 0.227 e. The lowest BCUT2D eigenvalue weighted by molar-refractivity contribution is -0.117. The summed E-state index contributed by atoms with van der Waals surface area (Å²) in [6, 6.07) is 22.2. The zero-order chi connectivity index (χ0) is 25.2. The highest BCUT2D eigenvalue weighted by atomic mass is 16.6. The van der Waals surface area contributed by atoms with Crippen molar-refractivity contribution in [3.8, 4) is 17.2 Å². The highest BCUT2D eigenvalue weighted by molar-refractivity contribution is 5.97. The van der Waals surface area contributed by atoms with Gasteiger partial charge in [0.15, 0.2) is 11.5 Å². The Balaban J connectivity index is 1.19. The van der Waals surface area contributed by atoms with E-state index in [0.29, 0.717) is 38.5 Å². The fourth-order valence-electron chi connectivity index (χ4n) is 5.20. The summed E-state index contributed by atoms with van der Waals surface area (Å²) < 4.78 is 19.6. The molecule has 0 spiro atoms. The van der Waals surface area contributed by atoms with Crippen LogP contribution in [-0.4, -0.2) is 41.8 Å². The number of hydrogen-bond acceptors (Lipinski definition) is 5. The molecule has 3 aromatic carbocycles. The highest BCUT2D eigenvalue weighted by Gasteiger charge is 2.35. The summed E-state index contributed by atoms with van der Waals surface area (Å²) in [7, 11) is 0. The number of amides is 1. The number of ether oxygens (including phenoxy) is 3. The molecule has 1 aromatic heterocycles. The van der Waals surface area contributed by atoms with Crippen LogP contribution in [0.2, 0.25) is 0 Å². The Morgan fingerprint density at radius 1 is 1.00 bits per heavy atom. The SMILES string of the molecule is CCc1ccc(OCCCn2c(C3CC(=O)N(c4ccc5c(c4)OCCO5)C3)nc3ccccc32)cc1. The van der Waals surface area contributed by atoms with Crippen LogP contribution in [-0.2, 0) is 17.8 Å². The first-order valence-corrected chi connectivity index (χ1v) is 13.1. The third-order valence-corrected chi connectivity index (χ3v) is 7.14. The number of anilines is 1. The van der Waals surface area contributed by atoms with E-state index in [1.807, 2.05) is 53.4 Å². The van der Waals surface area contributed by atoms with Crippen LogP contribution in [0.3, 0.4) is 0 Å². The number of imidazole rings is 1. The first-order valence-electron chi connectivity index (χ1n) is 13.1. The molecule has 0 aliphatic carbocycles. The Morgan fingerprint density at radius 2 is 1.81 bits per heavy atom. The molecule has 4 aromatic rings. The summed E-state index contributed by atoms with van der Waals surface area (Å²) in [5.41, 5.74) is 4.19. The molecule has 1 fully saturated rings. The van der Waals surface area contributed by atoms with Crippen LogP contribution in [0.15, 0.2) is 66.7 Å². The van der Waals surface area contributed by atoms with Gasteiger partial charge in [-0.3, -0.25) is 4.79 Å². The number of para-hydroxylation sites is 2. The Kier molecular flexibility index (Phi) is 6.43. The Hall–Kier alpha value is -4.00. The minimum Gasteiger partial charge on any atom is -0.494 e. The summed E-state index contributed by atoms with van der Waals surface area (Å²) in [6.45, 7) is 5.19. The summed E-state index contributed by atoms with van der Waals surface area (Å²) in [4.78, 5) is 19.9. The van der Waals surface area contributed by atoms with E-state index in [1.165, 1.54) is 5.56 Å². The number of carbonyl (C=O) groups is 1. The molecule has 1 atom stereocenters. The minimum absolute atomic E-state index is 0.00982. The minimum atomic E-state index is 0.00982. The van der Waals surface area contributed by atoms with Crippen molar-refractivity contribution in [3.05, 3.63) is 78.1 Å². The van der Waals surface area contributed by atoms with Gasteiger partial charge in [-0.1, -0.05) is 31.2 Å². The molecule has 2 aliphatic rings. The molecule has 0 bridgehead atoms. The molecule has 7 nitrogen and oxygen atoms in total. The van der Waals surface area contributed by atoms with E-state index in [-0.39, 0.29) is 11.8 Å². The Bertz CT molecular complexity index is 1410. The van der Waals surface area contributed by atoms with Gasteiger partial charge in [0.05, 0.1) is 17.6 Å². The van der Waals surface area contributed by atoms with Crippen molar-refractivity contribution in [2.24, 2.45) is 0 Å². The second-order valence-electron chi connectivity index (χ2n) is 9.54. The van der Waals surface area contributed by atoms with Gasteiger partial charge in [0.25, 0.3) is 0 Å². The van der Waals surface area contributed by atoms with E-state index in [9.17, 15) is 4.79 Å². The summed E-state index contributed by atoms with van der Waals surface area (Å²) in [6.07, 6.45) is 2.29. The van der Waals surface area contributed by atoms with Crippen molar-refractivity contribution < 1.29 is 19.0 Å². The van der Waals surface area contributed by atoms with E-state index in [2.05, 4.69) is 29.7 Å². The lowest BCUT2D eigenvalue weighted by Crippen LogP contribution is -2.25. The fraction of sp³-hybridized carbons (Fsp3) is 0.333. The third-order valence-electron chi connectivity index (χ3n) is 7.14. The quantitative estimate of drug-likeness (QED) is 0.307. The predicted octanol–water partition coefficient (Wildman–Crippen LogP) is 5.36. The van der Waals surface area contributed by atoms with E-state index in [4.69, 9.17) is 19.2 Å². The molecule has 0 N–H and O–H groups in total. The van der Waals surface area contributed by atoms with Crippen LogP contribution >= 0.6 is 0 Å². The van der Waals surface area contributed by atoms with Gasteiger partial charge in [-0.15, -0.1) is 0 Å². The van der Waals surface area contributed by atoms with E-state index in [0.717, 1.165) is 53.4 Å². The molecular weight excluding hydrogens is 466 g/mol. The number of fused-ring (bicyclic) bond motifs is 2. The molecule has 1 amide bonds. The van der Waals surface area contributed by atoms with E-state index >= 15 is 0 Å². The van der Waals surface area contributed by atoms with Gasteiger partial charge in [-0.2, -0.15) is 0 Å². The normalized spacial score (nSPS) is 16.9. The molecular formula is C30H31N3O4. The van der Waals surface area contributed by atoms with Gasteiger partial charge in [-0.05, 0) is 54.8 Å². The largest absolute Gasteiger partial charge is 0.494 e. The lowest BCUT2D eigenvalue weighted by Gasteiger charge is -2.22. The maximum absolute atomic E-state index is 13.1. The number of carbonyl (C=O) groups excluding carboxylic acids is 1. The van der Waals surface area contributed by atoms with Crippen LogP contribution in [0.1, 0.15) is 37.1 Å². The standard InChI is InChI=1S/C30H31N3O4/c1-2-21-8-11-24(12-9-21)35-15-5-14-32-26-7-4-3-6-25(26)31-30(32)22-18-29(34)33(20-22)23-10-13-27-28(19-23)37-17-16-36-27/h3-4,6-13,19,22H,2,5,14-18,20H2,1H3. The summed E-state index contributed by atoms with van der Waals surface area (Å²) in [5.74, 6) is 3.38. The van der Waals surface area contributed by atoms with Gasteiger partial charge in [0.2, 0.25) is 5.91 Å². The molecule has 3 heterocycles. The number of hydrogen-bond donors (Lipinski definition) is 0. The highest BCUT2D eigenvalue weighted by Crippen LogP contribution is 2.38. The first kappa shape index (κ1) is 23.4. The van der Waals surface area contributed by atoms with Crippen molar-refractivity contribution in [3.63, 3.8) is 0 Å². The maximum Gasteiger partial charge on any atom is 0.227 e. The van der Waals surface area contributed by atoms with Crippen molar-refractivity contribution in [2.45, 2.75) is 38.6 Å². The topological polar surface area (TPSA) is 65.8 Å². The Morgan fingerprint density at radius 3 is 2.65 bits per heavy atom. The van der Waals surface area contributed by atoms with Crippen molar-refractivity contribution in [2.75, 3.05) is 31.3 Å². The molecule has 1 unspecified atom stereocenters. The number of nitrogens with zero attached hydrogens (tertiary/aromatic N) is 3. The second-order valence-corrected chi connectivity index (χ2v) is 9.54. The number of benzene rings is 3. The zero-order valence-electron chi connectivity index (χ0n) is 21.1. The van der Waals surface area contributed by atoms with Crippen LogP contribution in [0.5, 0.6) is 17.2 Å². The number of rotatable bonds is 8. The van der Waals surface area contributed by atoms with E-state index in [1.54, 1.807) is 0 Å². The second kappa shape index (κ2) is 10.2. The van der Waals surface area contributed by atoms with Gasteiger partial charge in [-0.25, -0.2) is 4.98 Å². The van der Waals surface area contributed by atoms with E-state index < -0.39 is 0 Å². The van der Waals surface area contributed by atoms with Crippen LogP contribution in [0, 0.1) is 0 Å². The van der Waals surface area contributed by atoms with Gasteiger partial charge in [0, 0.05) is 37.2 Å². The van der Waals surface area contributed by atoms with Crippen LogP contribution in [0.25, 0.3) is 11.0 Å². The first-order chi connectivity index (χ1) is 18.2. The van der Waals surface area contributed by atoms with Crippen LogP contribution in [0.4, 0.5) is 5.69 Å². The lowest BCUT2D eigenvalue weighted by atomic mass is 10.1. The number of aryl methyl sites for hydroxylation is 2. The third kappa shape index (κ3) is 4.73. The van der Waals surface area contributed by atoms with Gasteiger partial charge < -0.3 is 23.7 Å². The summed E-state index contributed by atoms with van der Waals surface area (Å²) in [5, 5.41) is 0. The molecule has 7 heteroatoms. The van der Waals surface area contributed by atoms with Gasteiger partial charge >= 0.3 is 0 Å². The molecule has 0 radical (unpaired) electrons. The molecule has 37 heavy (non-hydrogen) atoms. The maximum atomic E-state index is 13.1. The average Bonchev–Trinajstić information content (AvgIpc) is 3.51. The predicted molar refractivity (Wildman–Crippen MR) is 143 cm³/mol. The number of aromatic nitrogens is 2. The summed E-state index contributed by atoms with van der Waals surface area (Å²) >= 11 is 0. The zero-order valence-corrected chi connectivity index (χ0v) is 21.1. The fourth-order valence-corrected chi connectivity index (χ4v) is 5.20. The molecule has 1 saturated heterocycles. The van der Waals surface area contributed by atoms with Crippen molar-refractivity contribution >= 4 is 22.6 Å². The van der Waals surface area contributed by atoms with Gasteiger partial charge in [0.1, 0.15) is 24.8 Å².